The van der Waals surface area contributed by atoms with Gasteiger partial charge in [-0.3, -0.25) is 0 Å². The van der Waals surface area contributed by atoms with E-state index in [4.69, 9.17) is 5.73 Å². The molecule has 0 aromatic heterocycles. The van der Waals surface area contributed by atoms with Crippen LogP contribution in [0.2, 0.25) is 0 Å². The van der Waals surface area contributed by atoms with Gasteiger partial charge in [0, 0.05) is 11.3 Å². The smallest absolute Gasteiger partial charge is 0.0923 e. The first-order chi connectivity index (χ1) is 5.48. The molecule has 3 N–H and O–H groups in total. The minimum absolute atomic E-state index is 0.0810. The molecule has 1 fully saturated rings. The molecule has 0 spiro atoms. The number of thioether (sulfide) groups is 1. The molecule has 0 saturated carbocycles. The third kappa shape index (κ3) is 1.63. The largest absolute Gasteiger partial charge is 0.387 e. The molecule has 0 radical (unpaired) electrons. The van der Waals surface area contributed by atoms with Crippen molar-refractivity contribution in [2.75, 3.05) is 5.75 Å². The second-order valence-electron chi connectivity index (χ2n) is 4.02. The monoisotopic (exact) mass is 189 g/mol. The van der Waals surface area contributed by atoms with Gasteiger partial charge >= 0.3 is 0 Å². The van der Waals surface area contributed by atoms with Crippen LogP contribution in [-0.2, 0) is 0 Å². The summed E-state index contributed by atoms with van der Waals surface area (Å²) in [5.41, 5.74) is 5.36. The third-order valence-electron chi connectivity index (χ3n) is 2.87. The highest BCUT2D eigenvalue weighted by atomic mass is 32.2. The fourth-order valence-corrected chi connectivity index (χ4v) is 3.12. The first-order valence-electron chi connectivity index (χ1n) is 4.58. The summed E-state index contributed by atoms with van der Waals surface area (Å²) in [6.07, 6.45) is 0.845. The van der Waals surface area contributed by atoms with E-state index in [1.165, 1.54) is 0 Å². The van der Waals surface area contributed by atoms with Crippen molar-refractivity contribution >= 4 is 11.8 Å². The molecule has 12 heavy (non-hydrogen) atoms. The fourth-order valence-electron chi connectivity index (χ4n) is 1.76. The minimum atomic E-state index is -0.626. The Morgan fingerprint density at radius 1 is 1.58 bits per heavy atom. The number of aliphatic hydroxyl groups is 1. The van der Waals surface area contributed by atoms with Crippen LogP contribution in [0.4, 0.5) is 0 Å². The van der Waals surface area contributed by atoms with Crippen LogP contribution in [0.3, 0.4) is 0 Å². The van der Waals surface area contributed by atoms with Gasteiger partial charge in [0.15, 0.2) is 0 Å². The molecule has 0 aliphatic carbocycles. The second-order valence-corrected chi connectivity index (χ2v) is 5.47. The highest BCUT2D eigenvalue weighted by molar-refractivity contribution is 8.00. The first-order valence-corrected chi connectivity index (χ1v) is 5.63. The lowest BCUT2D eigenvalue weighted by Gasteiger charge is -2.35. The number of rotatable bonds is 2. The molecule has 0 amide bonds. The highest BCUT2D eigenvalue weighted by Gasteiger charge is 2.44. The van der Waals surface area contributed by atoms with Gasteiger partial charge in [0.2, 0.25) is 0 Å². The molecule has 1 heterocycles. The maximum absolute atomic E-state index is 10.3. The second kappa shape index (κ2) is 3.56. The Kier molecular flexibility index (Phi) is 3.07. The minimum Gasteiger partial charge on any atom is -0.387 e. The van der Waals surface area contributed by atoms with Crippen LogP contribution in [0.15, 0.2) is 0 Å². The van der Waals surface area contributed by atoms with E-state index in [9.17, 15) is 5.11 Å². The van der Waals surface area contributed by atoms with Gasteiger partial charge in [-0.2, -0.15) is 11.8 Å². The predicted octanol–water partition coefficient (Wildman–Crippen LogP) is 1.23. The van der Waals surface area contributed by atoms with Crippen LogP contribution >= 0.6 is 11.8 Å². The molecule has 1 saturated heterocycles. The van der Waals surface area contributed by atoms with Crippen LogP contribution in [-0.4, -0.2) is 27.8 Å². The van der Waals surface area contributed by atoms with Gasteiger partial charge in [0.1, 0.15) is 0 Å². The summed E-state index contributed by atoms with van der Waals surface area (Å²) in [4.78, 5) is 0. The summed E-state index contributed by atoms with van der Waals surface area (Å²) >= 11 is 1.82. The normalized spacial score (nSPS) is 39.0. The van der Waals surface area contributed by atoms with E-state index >= 15 is 0 Å². The van der Waals surface area contributed by atoms with Crippen molar-refractivity contribution in [1.82, 2.24) is 0 Å². The average molecular weight is 189 g/mol. The van der Waals surface area contributed by atoms with Gasteiger partial charge < -0.3 is 10.8 Å². The van der Waals surface area contributed by atoms with Crippen LogP contribution in [0.5, 0.6) is 0 Å². The topological polar surface area (TPSA) is 46.2 Å². The maximum atomic E-state index is 10.3. The number of nitrogens with two attached hydrogens (primary N) is 1. The lowest BCUT2D eigenvalue weighted by Crippen LogP contribution is -2.54. The van der Waals surface area contributed by atoms with Crippen molar-refractivity contribution in [2.45, 2.75) is 44.1 Å². The van der Waals surface area contributed by atoms with E-state index in [1.54, 1.807) is 0 Å². The Morgan fingerprint density at radius 3 is 2.50 bits per heavy atom. The molecule has 1 aliphatic heterocycles. The summed E-state index contributed by atoms with van der Waals surface area (Å²) in [7, 11) is 0. The Morgan fingerprint density at radius 2 is 2.17 bits per heavy atom. The van der Waals surface area contributed by atoms with Gasteiger partial charge in [0.05, 0.1) is 5.60 Å². The summed E-state index contributed by atoms with van der Waals surface area (Å²) in [6.45, 7) is 6.20. The van der Waals surface area contributed by atoms with E-state index < -0.39 is 5.60 Å². The van der Waals surface area contributed by atoms with Crippen molar-refractivity contribution in [3.05, 3.63) is 0 Å². The van der Waals surface area contributed by atoms with Gasteiger partial charge in [-0.1, -0.05) is 20.8 Å². The van der Waals surface area contributed by atoms with Crippen molar-refractivity contribution in [1.29, 1.82) is 0 Å². The van der Waals surface area contributed by atoms with Gasteiger partial charge in [-0.15, -0.1) is 0 Å². The number of hydrogen-bond donors (Lipinski definition) is 2. The van der Waals surface area contributed by atoms with Crippen molar-refractivity contribution in [3.8, 4) is 0 Å². The molecule has 72 valence electrons. The Bertz CT molecular complexity index is 163. The highest BCUT2D eigenvalue weighted by Crippen LogP contribution is 2.38. The summed E-state index contributed by atoms with van der Waals surface area (Å²) in [6, 6.07) is -0.0810. The molecule has 0 bridgehead atoms. The number of hydrogen-bond acceptors (Lipinski definition) is 3. The van der Waals surface area contributed by atoms with E-state index in [1.807, 2.05) is 11.8 Å². The zero-order valence-corrected chi connectivity index (χ0v) is 8.90. The van der Waals surface area contributed by atoms with Crippen LogP contribution in [0, 0.1) is 5.92 Å². The Hall–Kier alpha value is 0.270. The molecule has 0 aromatic rings. The first kappa shape index (κ1) is 10.4. The molecule has 3 unspecified atom stereocenters. The van der Waals surface area contributed by atoms with Crippen LogP contribution in [0.25, 0.3) is 0 Å². The molecule has 0 aromatic carbocycles. The molecule has 1 aliphatic rings. The molecule has 2 nitrogen and oxygen atoms in total. The fraction of sp³-hybridized carbons (Fsp3) is 1.00. The summed E-state index contributed by atoms with van der Waals surface area (Å²) in [5.74, 6) is 1.40. The van der Waals surface area contributed by atoms with Crippen molar-refractivity contribution in [2.24, 2.45) is 11.7 Å². The Labute approximate surface area is 78.9 Å². The zero-order valence-electron chi connectivity index (χ0n) is 8.08. The molecular weight excluding hydrogens is 170 g/mol. The van der Waals surface area contributed by atoms with Crippen molar-refractivity contribution < 1.29 is 5.11 Å². The zero-order chi connectivity index (χ0) is 9.35. The van der Waals surface area contributed by atoms with E-state index in [0.29, 0.717) is 5.92 Å². The Balaban J connectivity index is 2.69. The van der Waals surface area contributed by atoms with E-state index in [2.05, 4.69) is 20.8 Å². The molecule has 1 rings (SSSR count). The average Bonchev–Trinajstić information content (AvgIpc) is 2.32. The SMILES string of the molecule is CC(C)C(N)C1(O)CCSC1C. The third-order valence-corrected chi connectivity index (χ3v) is 4.22. The van der Waals surface area contributed by atoms with Crippen LogP contribution < -0.4 is 5.73 Å². The molecule has 3 atom stereocenters. The van der Waals surface area contributed by atoms with E-state index in [-0.39, 0.29) is 11.3 Å². The quantitative estimate of drug-likeness (QED) is 0.687. The lowest BCUT2D eigenvalue weighted by molar-refractivity contribution is 0.00528. The van der Waals surface area contributed by atoms with Crippen LogP contribution in [0.1, 0.15) is 27.2 Å². The summed E-state index contributed by atoms with van der Waals surface area (Å²) in [5, 5.41) is 10.5. The van der Waals surface area contributed by atoms with E-state index in [0.717, 1.165) is 12.2 Å². The molecule has 3 heteroatoms. The van der Waals surface area contributed by atoms with Gasteiger partial charge in [-0.25, -0.2) is 0 Å². The van der Waals surface area contributed by atoms with Gasteiger partial charge in [0.25, 0.3) is 0 Å². The van der Waals surface area contributed by atoms with Gasteiger partial charge in [-0.05, 0) is 18.1 Å². The predicted molar refractivity (Wildman–Crippen MR) is 54.3 cm³/mol. The molecular formula is C9H19NOS. The maximum Gasteiger partial charge on any atom is 0.0923 e. The lowest BCUT2D eigenvalue weighted by atomic mass is 9.83. The summed E-state index contributed by atoms with van der Waals surface area (Å²) < 4.78 is 0. The standard InChI is InChI=1S/C9H19NOS/c1-6(2)8(10)9(11)4-5-12-7(9)3/h6-8,11H,4-5,10H2,1-3H3. The van der Waals surface area contributed by atoms with Crippen molar-refractivity contribution in [3.63, 3.8) is 0 Å².